The van der Waals surface area contributed by atoms with E-state index in [1.807, 2.05) is 27.7 Å². The Morgan fingerprint density at radius 1 is 1.37 bits per heavy atom. The molecule has 1 aliphatic rings. The molecular formula is C13H24N2O4. The Kier molecular flexibility index (Phi) is 4.79. The molecule has 0 radical (unpaired) electrons. The number of carbonyl (C=O) groups is 2. The highest BCUT2D eigenvalue weighted by Gasteiger charge is 2.39. The summed E-state index contributed by atoms with van der Waals surface area (Å²) >= 11 is 0. The number of urea groups is 1. The normalized spacial score (nSPS) is 24.9. The van der Waals surface area contributed by atoms with Crippen molar-refractivity contribution in [3.05, 3.63) is 0 Å². The van der Waals surface area contributed by atoms with Crippen molar-refractivity contribution in [3.63, 3.8) is 0 Å². The van der Waals surface area contributed by atoms with Crippen molar-refractivity contribution in [2.24, 2.45) is 11.3 Å². The van der Waals surface area contributed by atoms with Gasteiger partial charge in [0.05, 0.1) is 19.3 Å². The number of amides is 2. The lowest BCUT2D eigenvalue weighted by atomic mass is 9.88. The summed E-state index contributed by atoms with van der Waals surface area (Å²) < 4.78 is 5.17. The van der Waals surface area contributed by atoms with Gasteiger partial charge < -0.3 is 20.1 Å². The maximum atomic E-state index is 12.1. The fourth-order valence-corrected chi connectivity index (χ4v) is 1.81. The lowest BCUT2D eigenvalue weighted by Crippen LogP contribution is -2.52. The SMILES string of the molecule is CC(NC(=O)N(C)C1COCC1C(=O)O)C(C)(C)C. The highest BCUT2D eigenvalue weighted by molar-refractivity contribution is 5.77. The molecule has 0 aromatic carbocycles. The number of hydrogen-bond acceptors (Lipinski definition) is 3. The summed E-state index contributed by atoms with van der Waals surface area (Å²) in [7, 11) is 1.61. The van der Waals surface area contributed by atoms with Gasteiger partial charge in [-0.25, -0.2) is 4.79 Å². The van der Waals surface area contributed by atoms with Crippen molar-refractivity contribution in [1.82, 2.24) is 10.2 Å². The molecule has 0 aromatic heterocycles. The lowest BCUT2D eigenvalue weighted by molar-refractivity contribution is -0.142. The fourth-order valence-electron chi connectivity index (χ4n) is 1.81. The molecule has 0 bridgehead atoms. The molecule has 0 spiro atoms. The van der Waals surface area contributed by atoms with Crippen LogP contribution in [0.5, 0.6) is 0 Å². The first-order chi connectivity index (χ1) is 8.64. The molecular weight excluding hydrogens is 248 g/mol. The van der Waals surface area contributed by atoms with Gasteiger partial charge in [-0.05, 0) is 12.3 Å². The molecule has 0 aromatic rings. The average molecular weight is 272 g/mol. The van der Waals surface area contributed by atoms with Crippen LogP contribution in [0.1, 0.15) is 27.7 Å². The first kappa shape index (κ1) is 15.8. The van der Waals surface area contributed by atoms with Gasteiger partial charge in [0.25, 0.3) is 0 Å². The Hall–Kier alpha value is -1.30. The molecule has 0 aliphatic carbocycles. The topological polar surface area (TPSA) is 78.9 Å². The smallest absolute Gasteiger partial charge is 0.317 e. The van der Waals surface area contributed by atoms with E-state index in [1.54, 1.807) is 7.05 Å². The first-order valence-corrected chi connectivity index (χ1v) is 6.48. The maximum absolute atomic E-state index is 12.1. The van der Waals surface area contributed by atoms with Crippen molar-refractivity contribution in [1.29, 1.82) is 0 Å². The van der Waals surface area contributed by atoms with Crippen molar-refractivity contribution in [2.75, 3.05) is 20.3 Å². The zero-order valence-electron chi connectivity index (χ0n) is 12.3. The molecule has 19 heavy (non-hydrogen) atoms. The predicted octanol–water partition coefficient (Wildman–Crippen LogP) is 1.16. The number of carbonyl (C=O) groups excluding carboxylic acids is 1. The highest BCUT2D eigenvalue weighted by atomic mass is 16.5. The molecule has 1 heterocycles. The number of ether oxygens (including phenoxy) is 1. The summed E-state index contributed by atoms with van der Waals surface area (Å²) in [6, 6.07) is -0.679. The van der Waals surface area contributed by atoms with Gasteiger partial charge in [-0.2, -0.15) is 0 Å². The van der Waals surface area contributed by atoms with E-state index in [0.717, 1.165) is 0 Å². The quantitative estimate of drug-likeness (QED) is 0.808. The molecule has 2 N–H and O–H groups in total. The average Bonchev–Trinajstić information content (AvgIpc) is 2.75. The monoisotopic (exact) mass is 272 g/mol. The zero-order valence-corrected chi connectivity index (χ0v) is 12.3. The Bertz CT molecular complexity index is 351. The molecule has 1 rings (SSSR count). The van der Waals surface area contributed by atoms with E-state index >= 15 is 0 Å². The molecule has 0 saturated carbocycles. The van der Waals surface area contributed by atoms with Crippen molar-refractivity contribution >= 4 is 12.0 Å². The molecule has 1 saturated heterocycles. The third kappa shape index (κ3) is 3.83. The number of hydrogen-bond donors (Lipinski definition) is 2. The second-order valence-corrected chi connectivity index (χ2v) is 6.20. The number of nitrogens with one attached hydrogen (secondary N) is 1. The molecule has 2 amide bonds. The van der Waals surface area contributed by atoms with Crippen LogP contribution in [0.4, 0.5) is 4.79 Å². The van der Waals surface area contributed by atoms with E-state index in [2.05, 4.69) is 5.32 Å². The molecule has 1 aliphatic heterocycles. The Morgan fingerprint density at radius 3 is 2.42 bits per heavy atom. The van der Waals surface area contributed by atoms with E-state index < -0.39 is 17.9 Å². The van der Waals surface area contributed by atoms with E-state index in [0.29, 0.717) is 0 Å². The lowest BCUT2D eigenvalue weighted by Gasteiger charge is -2.32. The van der Waals surface area contributed by atoms with Crippen molar-refractivity contribution in [2.45, 2.75) is 39.8 Å². The van der Waals surface area contributed by atoms with Gasteiger partial charge in [0.15, 0.2) is 0 Å². The third-order valence-electron chi connectivity index (χ3n) is 3.82. The third-order valence-corrected chi connectivity index (χ3v) is 3.82. The molecule has 6 nitrogen and oxygen atoms in total. The van der Waals surface area contributed by atoms with Crippen molar-refractivity contribution in [3.8, 4) is 0 Å². The van der Waals surface area contributed by atoms with E-state index in [4.69, 9.17) is 9.84 Å². The highest BCUT2D eigenvalue weighted by Crippen LogP contribution is 2.21. The van der Waals surface area contributed by atoms with Crippen LogP contribution in [0, 0.1) is 11.3 Å². The van der Waals surface area contributed by atoms with Crippen LogP contribution in [0.15, 0.2) is 0 Å². The van der Waals surface area contributed by atoms with Crippen LogP contribution >= 0.6 is 0 Å². The van der Waals surface area contributed by atoms with Crippen LogP contribution in [-0.4, -0.2) is 54.4 Å². The summed E-state index contributed by atoms with van der Waals surface area (Å²) in [5.74, 6) is -1.58. The summed E-state index contributed by atoms with van der Waals surface area (Å²) in [5.41, 5.74) is -0.0468. The zero-order chi connectivity index (χ0) is 14.8. The van der Waals surface area contributed by atoms with Gasteiger partial charge in [-0.3, -0.25) is 4.79 Å². The van der Waals surface area contributed by atoms with Gasteiger partial charge in [0.1, 0.15) is 5.92 Å². The molecule has 1 fully saturated rings. The number of nitrogens with zero attached hydrogens (tertiary/aromatic N) is 1. The fraction of sp³-hybridized carbons (Fsp3) is 0.846. The van der Waals surface area contributed by atoms with Crippen LogP contribution in [0.2, 0.25) is 0 Å². The van der Waals surface area contributed by atoms with Gasteiger partial charge in [0.2, 0.25) is 0 Å². The van der Waals surface area contributed by atoms with Gasteiger partial charge in [0, 0.05) is 13.1 Å². The standard InChI is InChI=1S/C13H24N2O4/c1-8(13(2,3)4)14-12(18)15(5)10-7-19-6-9(10)11(16)17/h8-10H,6-7H2,1-5H3,(H,14,18)(H,16,17). The maximum Gasteiger partial charge on any atom is 0.317 e. The number of rotatable bonds is 3. The van der Waals surface area contributed by atoms with E-state index in [1.165, 1.54) is 4.90 Å². The molecule has 3 unspecified atom stereocenters. The second kappa shape index (κ2) is 5.77. The van der Waals surface area contributed by atoms with Gasteiger partial charge >= 0.3 is 12.0 Å². The van der Waals surface area contributed by atoms with Crippen LogP contribution in [-0.2, 0) is 9.53 Å². The Labute approximate surface area is 114 Å². The summed E-state index contributed by atoms with van der Waals surface area (Å²) in [5, 5.41) is 12.0. The molecule has 6 heteroatoms. The van der Waals surface area contributed by atoms with Crippen LogP contribution < -0.4 is 5.32 Å². The minimum absolute atomic E-state index is 0.00644. The second-order valence-electron chi connectivity index (χ2n) is 6.20. The predicted molar refractivity (Wildman–Crippen MR) is 70.9 cm³/mol. The minimum Gasteiger partial charge on any atom is -0.481 e. The summed E-state index contributed by atoms with van der Waals surface area (Å²) in [6.45, 7) is 8.48. The number of carboxylic acids is 1. The first-order valence-electron chi connectivity index (χ1n) is 6.48. The number of carboxylic acid groups (broad SMARTS) is 1. The summed E-state index contributed by atoms with van der Waals surface area (Å²) in [6.07, 6.45) is 0. The van der Waals surface area contributed by atoms with E-state index in [-0.39, 0.29) is 30.7 Å². The number of likely N-dealkylation sites (N-methyl/N-ethyl adjacent to an activating group) is 1. The largest absolute Gasteiger partial charge is 0.481 e. The Morgan fingerprint density at radius 2 is 1.95 bits per heavy atom. The Balaban J connectivity index is 2.64. The van der Waals surface area contributed by atoms with Gasteiger partial charge in [-0.15, -0.1) is 0 Å². The summed E-state index contributed by atoms with van der Waals surface area (Å²) in [4.78, 5) is 24.6. The number of aliphatic carboxylic acids is 1. The van der Waals surface area contributed by atoms with Gasteiger partial charge in [-0.1, -0.05) is 20.8 Å². The minimum atomic E-state index is -0.925. The molecule has 110 valence electrons. The van der Waals surface area contributed by atoms with Crippen LogP contribution in [0.3, 0.4) is 0 Å². The van der Waals surface area contributed by atoms with E-state index in [9.17, 15) is 9.59 Å². The van der Waals surface area contributed by atoms with Crippen LogP contribution in [0.25, 0.3) is 0 Å². The van der Waals surface area contributed by atoms with Crippen molar-refractivity contribution < 1.29 is 19.4 Å². The molecule has 3 atom stereocenters.